The molecule has 0 radical (unpaired) electrons. The Morgan fingerprint density at radius 3 is 2.45 bits per heavy atom. The van der Waals surface area contributed by atoms with Crippen molar-refractivity contribution >= 4 is 5.96 Å². The van der Waals surface area contributed by atoms with Crippen molar-refractivity contribution in [2.24, 2.45) is 10.4 Å². The Kier molecular flexibility index (Phi) is 10.2. The van der Waals surface area contributed by atoms with Gasteiger partial charge >= 0.3 is 0 Å². The van der Waals surface area contributed by atoms with Crippen LogP contribution in [0.15, 0.2) is 4.99 Å². The van der Waals surface area contributed by atoms with Crippen molar-refractivity contribution < 1.29 is 9.47 Å². The smallest absolute Gasteiger partial charge is 0.190 e. The summed E-state index contributed by atoms with van der Waals surface area (Å²) in [6, 6.07) is 0. The zero-order chi connectivity index (χ0) is 16.1. The van der Waals surface area contributed by atoms with Crippen molar-refractivity contribution in [3.63, 3.8) is 0 Å². The van der Waals surface area contributed by atoms with Gasteiger partial charge in [0.15, 0.2) is 5.96 Å². The van der Waals surface area contributed by atoms with E-state index >= 15 is 0 Å². The van der Waals surface area contributed by atoms with Crippen LogP contribution in [0.25, 0.3) is 0 Å². The molecule has 0 amide bonds. The number of ether oxygens (including phenoxy) is 2. The summed E-state index contributed by atoms with van der Waals surface area (Å²) in [5.41, 5.74) is 0.441. The lowest BCUT2D eigenvalue weighted by Crippen LogP contribution is -2.41. The summed E-state index contributed by atoms with van der Waals surface area (Å²) in [6.07, 6.45) is 7.11. The molecule has 1 rings (SSSR count). The highest BCUT2D eigenvalue weighted by Crippen LogP contribution is 2.48. The van der Waals surface area contributed by atoms with E-state index in [0.29, 0.717) is 5.41 Å². The number of nitrogens with zero attached hydrogens (tertiary/aromatic N) is 1. The average molecular weight is 313 g/mol. The van der Waals surface area contributed by atoms with Crippen molar-refractivity contribution in [2.45, 2.75) is 52.4 Å². The van der Waals surface area contributed by atoms with Crippen LogP contribution in [-0.4, -0.2) is 52.5 Å². The molecule has 0 heterocycles. The van der Waals surface area contributed by atoms with E-state index in [2.05, 4.69) is 29.5 Å². The molecule has 0 unspecified atom stereocenters. The minimum Gasteiger partial charge on any atom is -0.382 e. The van der Waals surface area contributed by atoms with Crippen LogP contribution >= 0.6 is 0 Å². The summed E-state index contributed by atoms with van der Waals surface area (Å²) in [7, 11) is 1.83. The molecule has 0 aromatic carbocycles. The topological polar surface area (TPSA) is 54.9 Å². The van der Waals surface area contributed by atoms with E-state index in [1.165, 1.54) is 19.3 Å². The highest BCUT2D eigenvalue weighted by Gasteiger charge is 2.41. The maximum Gasteiger partial charge on any atom is 0.190 e. The van der Waals surface area contributed by atoms with Crippen molar-refractivity contribution in [1.82, 2.24) is 10.6 Å². The molecule has 5 nitrogen and oxygen atoms in total. The second kappa shape index (κ2) is 11.7. The van der Waals surface area contributed by atoms with E-state index in [1.54, 1.807) is 0 Å². The predicted octanol–water partition coefficient (Wildman–Crippen LogP) is 2.57. The third kappa shape index (κ3) is 8.59. The van der Waals surface area contributed by atoms with E-state index in [0.717, 1.165) is 64.7 Å². The molecule has 0 spiro atoms. The number of unbranched alkanes of at least 4 members (excludes halogenated alkanes) is 1. The van der Waals surface area contributed by atoms with Crippen molar-refractivity contribution in [2.75, 3.05) is 46.6 Å². The van der Waals surface area contributed by atoms with Gasteiger partial charge in [0.25, 0.3) is 0 Å². The Labute approximate surface area is 136 Å². The Morgan fingerprint density at radius 1 is 1.05 bits per heavy atom. The molecule has 1 fully saturated rings. The van der Waals surface area contributed by atoms with E-state index in [9.17, 15) is 0 Å². The van der Waals surface area contributed by atoms with Gasteiger partial charge in [0.05, 0.1) is 0 Å². The summed E-state index contributed by atoms with van der Waals surface area (Å²) in [6.45, 7) is 9.52. The number of hydrogen-bond donors (Lipinski definition) is 2. The zero-order valence-electron chi connectivity index (χ0n) is 14.7. The Balaban J connectivity index is 2.05. The van der Waals surface area contributed by atoms with Crippen LogP contribution in [0.4, 0.5) is 0 Å². The lowest BCUT2D eigenvalue weighted by Gasteiger charge is -2.18. The van der Waals surface area contributed by atoms with Gasteiger partial charge in [-0.25, -0.2) is 0 Å². The van der Waals surface area contributed by atoms with Gasteiger partial charge in [-0.1, -0.05) is 13.3 Å². The first-order valence-corrected chi connectivity index (χ1v) is 8.86. The van der Waals surface area contributed by atoms with Gasteiger partial charge in [-0.2, -0.15) is 0 Å². The number of hydrogen-bond acceptors (Lipinski definition) is 3. The molecular formula is C17H35N3O2. The summed E-state index contributed by atoms with van der Waals surface area (Å²) in [5.74, 6) is 0.899. The van der Waals surface area contributed by atoms with Gasteiger partial charge in [0.1, 0.15) is 0 Å². The molecule has 0 saturated heterocycles. The molecule has 1 saturated carbocycles. The number of aliphatic imine (C=N–C) groups is 1. The van der Waals surface area contributed by atoms with Crippen LogP contribution in [0.1, 0.15) is 52.4 Å². The van der Waals surface area contributed by atoms with Crippen LogP contribution in [-0.2, 0) is 9.47 Å². The SMILES string of the molecule is CCCCOCCCNC(=NC)NCC1(CCOCC)CC1. The molecule has 0 aliphatic heterocycles. The molecule has 1 aliphatic carbocycles. The lowest BCUT2D eigenvalue weighted by molar-refractivity contribution is 0.128. The predicted molar refractivity (Wildman–Crippen MR) is 92.5 cm³/mol. The second-order valence-electron chi connectivity index (χ2n) is 6.12. The maximum absolute atomic E-state index is 5.55. The third-order valence-electron chi connectivity index (χ3n) is 4.19. The maximum atomic E-state index is 5.55. The number of nitrogens with one attached hydrogen (secondary N) is 2. The van der Waals surface area contributed by atoms with E-state index in [4.69, 9.17) is 9.47 Å². The lowest BCUT2D eigenvalue weighted by atomic mass is 10.0. The molecule has 1 aliphatic rings. The quantitative estimate of drug-likeness (QED) is 0.312. The van der Waals surface area contributed by atoms with Crippen LogP contribution in [0.2, 0.25) is 0 Å². The van der Waals surface area contributed by atoms with Gasteiger partial charge in [0, 0.05) is 46.6 Å². The Bertz CT molecular complexity index is 304. The van der Waals surface area contributed by atoms with Gasteiger partial charge < -0.3 is 20.1 Å². The van der Waals surface area contributed by atoms with Gasteiger partial charge in [-0.15, -0.1) is 0 Å². The average Bonchev–Trinajstić information content (AvgIpc) is 3.30. The normalized spacial score (nSPS) is 16.6. The van der Waals surface area contributed by atoms with E-state index in [-0.39, 0.29) is 0 Å². The van der Waals surface area contributed by atoms with Crippen LogP contribution < -0.4 is 10.6 Å². The molecular weight excluding hydrogens is 278 g/mol. The first kappa shape index (κ1) is 19.2. The third-order valence-corrected chi connectivity index (χ3v) is 4.19. The summed E-state index contributed by atoms with van der Waals surface area (Å²) in [5, 5.41) is 6.81. The minimum atomic E-state index is 0.441. The fourth-order valence-electron chi connectivity index (χ4n) is 2.35. The highest BCUT2D eigenvalue weighted by molar-refractivity contribution is 5.79. The monoisotopic (exact) mass is 313 g/mol. The van der Waals surface area contributed by atoms with Crippen LogP contribution in [0, 0.1) is 5.41 Å². The summed E-state index contributed by atoms with van der Waals surface area (Å²) in [4.78, 5) is 4.28. The molecule has 22 heavy (non-hydrogen) atoms. The highest BCUT2D eigenvalue weighted by atomic mass is 16.5. The van der Waals surface area contributed by atoms with Gasteiger partial charge in [-0.05, 0) is 44.4 Å². The second-order valence-corrected chi connectivity index (χ2v) is 6.12. The largest absolute Gasteiger partial charge is 0.382 e. The molecule has 0 aromatic rings. The summed E-state index contributed by atoms with van der Waals surface area (Å²) < 4.78 is 11.0. The van der Waals surface area contributed by atoms with E-state index < -0.39 is 0 Å². The molecule has 0 aromatic heterocycles. The molecule has 2 N–H and O–H groups in total. The Hall–Kier alpha value is -0.810. The summed E-state index contributed by atoms with van der Waals surface area (Å²) >= 11 is 0. The van der Waals surface area contributed by atoms with Gasteiger partial charge in [0.2, 0.25) is 0 Å². The van der Waals surface area contributed by atoms with Crippen molar-refractivity contribution in [1.29, 1.82) is 0 Å². The molecule has 130 valence electrons. The molecule has 0 bridgehead atoms. The number of guanidine groups is 1. The number of rotatable bonds is 13. The van der Waals surface area contributed by atoms with Crippen LogP contribution in [0.3, 0.4) is 0 Å². The van der Waals surface area contributed by atoms with Crippen LogP contribution in [0.5, 0.6) is 0 Å². The first-order valence-electron chi connectivity index (χ1n) is 8.86. The standard InChI is InChI=1S/C17H35N3O2/c1-4-6-12-22-13-7-11-19-16(18-3)20-15-17(8-9-17)10-14-21-5-2/h4-15H2,1-3H3,(H2,18,19,20). The van der Waals surface area contributed by atoms with E-state index in [1.807, 2.05) is 7.05 Å². The molecule has 5 heteroatoms. The first-order chi connectivity index (χ1) is 10.8. The Morgan fingerprint density at radius 2 is 1.82 bits per heavy atom. The molecule has 0 atom stereocenters. The van der Waals surface area contributed by atoms with Crippen molar-refractivity contribution in [3.8, 4) is 0 Å². The minimum absolute atomic E-state index is 0.441. The van der Waals surface area contributed by atoms with Crippen molar-refractivity contribution in [3.05, 3.63) is 0 Å². The fourth-order valence-corrected chi connectivity index (χ4v) is 2.35. The fraction of sp³-hybridized carbons (Fsp3) is 0.941. The zero-order valence-corrected chi connectivity index (χ0v) is 14.7. The van der Waals surface area contributed by atoms with Gasteiger partial charge in [-0.3, -0.25) is 4.99 Å².